The van der Waals surface area contributed by atoms with Gasteiger partial charge >= 0.3 is 28.3 Å². The van der Waals surface area contributed by atoms with Gasteiger partial charge in [-0.2, -0.15) is 8.42 Å². The molecule has 0 aromatic heterocycles. The zero-order valence-corrected chi connectivity index (χ0v) is 43.0. The van der Waals surface area contributed by atoms with Gasteiger partial charge in [0.25, 0.3) is 0 Å². The number of hydrogen-bond donors (Lipinski definition) is 12. The molecule has 22 nitrogen and oxygen atoms in total. The lowest BCUT2D eigenvalue weighted by molar-refractivity contribution is -0.474. The van der Waals surface area contributed by atoms with Crippen LogP contribution >= 0.6 is 0 Å². The van der Waals surface area contributed by atoms with Crippen LogP contribution in [0.2, 0.25) is 0 Å². The number of aliphatic hydroxyl groups is 11. The van der Waals surface area contributed by atoms with E-state index < -0.39 is 138 Å². The topological polar surface area (TPSA) is 359 Å². The standard InChI is InChI=1S/C49H80O22S/c1-9-22(2)24-12-17-47(19-18-45(7)25(31(24)47)10-11-29-44(6)15-14-30(71-72(62,63)64)43(4,5)28(44)13-16-46(29,45)8)42(59)70-49(61)39(57)35(54)33(52)27(69-49)21-65-48(60)40(58)37(56)38(26(20-50)68-48)67-41-36(55)34(53)32(51)23(3)66-41/h23-41,50-58,60-61H,2,9-21H2,1,3-8H3,(H,62,63,64). The Balaban J connectivity index is 1.00. The van der Waals surface area contributed by atoms with Gasteiger partial charge in [0.2, 0.25) is 0 Å². The molecule has 0 spiro atoms. The fourth-order valence-electron chi connectivity index (χ4n) is 16.3. The van der Waals surface area contributed by atoms with Gasteiger partial charge in [0.15, 0.2) is 18.5 Å². The SMILES string of the molecule is C=C(CC)C1CCC2(C(=O)OC3(O)OC(COC4(O)OC(CO)C(OC5OC(C)C(O)C(O)C5O)C(O)C4O)C(O)C(O)C3O)CCC3(C)C(CCC4C5(C)CCC(OS(=O)(=O)O)C(C)(C)C5CCC43C)C12. The van der Waals surface area contributed by atoms with E-state index in [4.69, 9.17) is 32.6 Å². The van der Waals surface area contributed by atoms with Crippen LogP contribution in [0.15, 0.2) is 12.2 Å². The number of rotatable bonds is 12. The first-order valence-electron chi connectivity index (χ1n) is 25.7. The van der Waals surface area contributed by atoms with Crippen LogP contribution in [0.1, 0.15) is 119 Å². The molecule has 5 saturated carbocycles. The molecule has 25 atom stereocenters. The van der Waals surface area contributed by atoms with Crippen molar-refractivity contribution in [2.24, 2.45) is 56.7 Å². The number of esters is 1. The van der Waals surface area contributed by atoms with Crippen molar-refractivity contribution in [1.29, 1.82) is 0 Å². The molecule has 8 fully saturated rings. The summed E-state index contributed by atoms with van der Waals surface area (Å²) in [5, 5.41) is 120. The van der Waals surface area contributed by atoms with E-state index in [-0.39, 0.29) is 45.8 Å². The molecule has 25 unspecified atom stereocenters. The van der Waals surface area contributed by atoms with Crippen molar-refractivity contribution in [3.8, 4) is 0 Å². The lowest BCUT2D eigenvalue weighted by atomic mass is 9.32. The van der Waals surface area contributed by atoms with Gasteiger partial charge in [-0.15, -0.1) is 0 Å². The van der Waals surface area contributed by atoms with Gasteiger partial charge in [0, 0.05) is 0 Å². The van der Waals surface area contributed by atoms with Crippen molar-refractivity contribution in [2.75, 3.05) is 13.2 Å². The molecule has 23 heteroatoms. The molecule has 414 valence electrons. The summed E-state index contributed by atoms with van der Waals surface area (Å²) in [6.07, 6.45) is -18.4. The van der Waals surface area contributed by atoms with Crippen molar-refractivity contribution in [1.82, 2.24) is 0 Å². The van der Waals surface area contributed by atoms with Crippen LogP contribution in [0.5, 0.6) is 0 Å². The Morgan fingerprint density at radius 3 is 2.01 bits per heavy atom. The van der Waals surface area contributed by atoms with Gasteiger partial charge in [-0.1, -0.05) is 53.7 Å². The van der Waals surface area contributed by atoms with Gasteiger partial charge in [-0.05, 0) is 129 Å². The van der Waals surface area contributed by atoms with Crippen LogP contribution in [0.3, 0.4) is 0 Å². The van der Waals surface area contributed by atoms with Gasteiger partial charge in [0.05, 0.1) is 30.8 Å². The molecule has 12 N–H and O–H groups in total. The average molecular weight is 1050 g/mol. The molecule has 0 aromatic carbocycles. The maximum absolute atomic E-state index is 15.1. The normalized spacial score (nSPS) is 53.3. The Labute approximate surface area is 420 Å². The number of aliphatic hydroxyl groups excluding tert-OH is 9. The Morgan fingerprint density at radius 2 is 1.38 bits per heavy atom. The first kappa shape index (κ1) is 56.6. The first-order chi connectivity index (χ1) is 33.3. The Hall–Kier alpha value is -1.56. The number of hydrogen-bond acceptors (Lipinski definition) is 21. The highest BCUT2D eigenvalue weighted by Gasteiger charge is 2.73. The third-order valence-corrected chi connectivity index (χ3v) is 20.9. The van der Waals surface area contributed by atoms with E-state index in [0.717, 1.165) is 31.3 Å². The van der Waals surface area contributed by atoms with Crippen LogP contribution in [-0.2, 0) is 47.8 Å². The van der Waals surface area contributed by atoms with Crippen molar-refractivity contribution in [3.05, 3.63) is 12.2 Å². The molecule has 0 aromatic rings. The predicted octanol–water partition coefficient (Wildman–Crippen LogP) is -0.119. The van der Waals surface area contributed by atoms with E-state index in [1.54, 1.807) is 0 Å². The lowest BCUT2D eigenvalue weighted by Gasteiger charge is -2.72. The van der Waals surface area contributed by atoms with Gasteiger partial charge in [-0.25, -0.2) is 4.18 Å². The van der Waals surface area contributed by atoms with Crippen LogP contribution in [-0.4, -0.2) is 186 Å². The maximum atomic E-state index is 15.1. The Morgan fingerprint density at radius 1 is 0.722 bits per heavy atom. The summed E-state index contributed by atoms with van der Waals surface area (Å²) in [4.78, 5) is 15.1. The third-order valence-electron chi connectivity index (χ3n) is 20.4. The summed E-state index contributed by atoms with van der Waals surface area (Å²) in [6.45, 7) is 16.9. The first-order valence-corrected chi connectivity index (χ1v) is 27.0. The number of carbonyl (C=O) groups is 1. The fraction of sp³-hybridized carbons (Fsp3) is 0.939. The van der Waals surface area contributed by atoms with E-state index >= 15 is 4.79 Å². The highest BCUT2D eigenvalue weighted by Crippen LogP contribution is 2.78. The van der Waals surface area contributed by atoms with E-state index in [1.807, 2.05) is 20.8 Å². The van der Waals surface area contributed by atoms with Gasteiger partial charge in [-0.3, -0.25) is 9.35 Å². The van der Waals surface area contributed by atoms with Crippen molar-refractivity contribution >= 4 is 16.4 Å². The molecule has 0 amide bonds. The highest BCUT2D eigenvalue weighted by molar-refractivity contribution is 7.80. The van der Waals surface area contributed by atoms with E-state index in [0.29, 0.717) is 44.9 Å². The number of allylic oxidation sites excluding steroid dienone is 1. The quantitative estimate of drug-likeness (QED) is 0.0525. The molecule has 8 aliphatic rings. The monoisotopic (exact) mass is 1050 g/mol. The number of carbonyl (C=O) groups excluding carboxylic acids is 1. The van der Waals surface area contributed by atoms with Crippen molar-refractivity contribution in [3.63, 3.8) is 0 Å². The summed E-state index contributed by atoms with van der Waals surface area (Å²) in [7, 11) is -4.67. The minimum Gasteiger partial charge on any atom is -0.405 e. The van der Waals surface area contributed by atoms with E-state index in [1.165, 1.54) is 6.92 Å². The fourth-order valence-corrected chi connectivity index (χ4v) is 16.9. The minimum atomic E-state index is -4.67. The molecule has 3 heterocycles. The predicted molar refractivity (Wildman–Crippen MR) is 246 cm³/mol. The molecule has 8 rings (SSSR count). The highest BCUT2D eigenvalue weighted by atomic mass is 32.3. The Kier molecular flexibility index (Phi) is 15.3. The number of ether oxygens (including phenoxy) is 6. The van der Waals surface area contributed by atoms with Crippen LogP contribution < -0.4 is 0 Å². The largest absolute Gasteiger partial charge is 0.405 e. The molecular formula is C49H80O22S. The Bertz CT molecular complexity index is 2130. The minimum absolute atomic E-state index is 0.0299. The summed E-state index contributed by atoms with van der Waals surface area (Å²) in [5.41, 5.74) is -1.53. The van der Waals surface area contributed by atoms with Gasteiger partial charge in [0.1, 0.15) is 54.9 Å². The number of fused-ring (bicyclic) bond motifs is 7. The molecule has 3 saturated heterocycles. The molecular weight excluding hydrogens is 973 g/mol. The molecule has 0 bridgehead atoms. The zero-order chi connectivity index (χ0) is 53.3. The zero-order valence-electron chi connectivity index (χ0n) is 42.2. The maximum Gasteiger partial charge on any atom is 0.397 e. The smallest absolute Gasteiger partial charge is 0.397 e. The molecule has 5 aliphatic carbocycles. The molecule has 3 aliphatic heterocycles. The third kappa shape index (κ3) is 8.86. The van der Waals surface area contributed by atoms with E-state index in [2.05, 4.69) is 27.4 Å². The molecule has 0 radical (unpaired) electrons. The van der Waals surface area contributed by atoms with Crippen LogP contribution in [0.25, 0.3) is 0 Å². The van der Waals surface area contributed by atoms with E-state index in [9.17, 15) is 69.1 Å². The summed E-state index contributed by atoms with van der Waals surface area (Å²) < 4.78 is 72.3. The van der Waals surface area contributed by atoms with Crippen LogP contribution in [0.4, 0.5) is 0 Å². The summed E-state index contributed by atoms with van der Waals surface area (Å²) in [5.74, 6) is -7.54. The van der Waals surface area contributed by atoms with Crippen molar-refractivity contribution in [2.45, 2.75) is 217 Å². The summed E-state index contributed by atoms with van der Waals surface area (Å²) in [6, 6.07) is 0. The second-order valence-corrected chi connectivity index (χ2v) is 25.0. The van der Waals surface area contributed by atoms with Gasteiger partial charge < -0.3 is 84.6 Å². The van der Waals surface area contributed by atoms with Crippen molar-refractivity contribution < 1.29 is 107 Å². The van der Waals surface area contributed by atoms with Crippen LogP contribution in [0, 0.1) is 56.7 Å². The molecule has 72 heavy (non-hydrogen) atoms. The second kappa shape index (κ2) is 19.4. The lowest BCUT2D eigenvalue weighted by Crippen LogP contribution is -2.70. The summed E-state index contributed by atoms with van der Waals surface area (Å²) >= 11 is 0. The average Bonchev–Trinajstić information content (AvgIpc) is 3.72. The second-order valence-electron chi connectivity index (χ2n) is 24.0.